The van der Waals surface area contributed by atoms with Gasteiger partial charge in [0.25, 0.3) is 0 Å². The molecule has 0 spiro atoms. The topological polar surface area (TPSA) is 109 Å². The molecule has 0 bridgehead atoms. The van der Waals surface area contributed by atoms with Crippen molar-refractivity contribution in [3.05, 3.63) is 58.7 Å². The van der Waals surface area contributed by atoms with Crippen LogP contribution in [-0.4, -0.2) is 71.3 Å². The summed E-state index contributed by atoms with van der Waals surface area (Å²) in [6.07, 6.45) is 6.41. The van der Waals surface area contributed by atoms with Gasteiger partial charge in [-0.2, -0.15) is 0 Å². The Morgan fingerprint density at radius 2 is 1.21 bits per heavy atom. The highest BCUT2D eigenvalue weighted by molar-refractivity contribution is 5.48. The summed E-state index contributed by atoms with van der Waals surface area (Å²) < 4.78 is 17.8. The smallest absolute Gasteiger partial charge is 0.122 e. The summed E-state index contributed by atoms with van der Waals surface area (Å²) in [7, 11) is 0. The largest absolute Gasteiger partial charge is 0.491 e. The molecule has 0 saturated carbocycles. The monoisotopic (exact) mass is 588 g/mol. The van der Waals surface area contributed by atoms with Gasteiger partial charge in [0.05, 0.1) is 12.2 Å². The summed E-state index contributed by atoms with van der Waals surface area (Å²) in [6, 6.07) is 12.5. The second kappa shape index (κ2) is 17.8. The molecule has 0 aliphatic carbocycles. The second-order valence-electron chi connectivity index (χ2n) is 12.0. The van der Waals surface area contributed by atoms with Crippen molar-refractivity contribution < 1.29 is 34.6 Å². The number of benzene rings is 2. The van der Waals surface area contributed by atoms with Crippen LogP contribution in [0.2, 0.25) is 0 Å². The van der Waals surface area contributed by atoms with Gasteiger partial charge >= 0.3 is 0 Å². The third-order valence-electron chi connectivity index (χ3n) is 8.53. The fourth-order valence-electron chi connectivity index (χ4n) is 5.41. The van der Waals surface area contributed by atoms with Crippen LogP contribution >= 0.6 is 0 Å². The molecule has 7 nitrogen and oxygen atoms in total. The van der Waals surface area contributed by atoms with Gasteiger partial charge in [-0.15, -0.1) is 0 Å². The molecule has 0 unspecified atom stereocenters. The Hall–Kier alpha value is -2.16. The van der Waals surface area contributed by atoms with Gasteiger partial charge in [0.2, 0.25) is 0 Å². The number of rotatable bonds is 21. The van der Waals surface area contributed by atoms with E-state index in [1.54, 1.807) is 0 Å². The molecule has 7 heteroatoms. The average Bonchev–Trinajstić information content (AvgIpc) is 2.98. The molecule has 2 rings (SSSR count). The maximum Gasteiger partial charge on any atom is 0.122 e. The van der Waals surface area contributed by atoms with Crippen molar-refractivity contribution in [3.8, 4) is 11.5 Å². The van der Waals surface area contributed by atoms with E-state index in [1.165, 1.54) is 11.1 Å². The highest BCUT2D eigenvalue weighted by atomic mass is 16.5. The number of aliphatic hydroxyl groups excluding tert-OH is 4. The van der Waals surface area contributed by atoms with Gasteiger partial charge < -0.3 is 34.6 Å². The molecule has 0 amide bonds. The Labute approximate surface area is 253 Å². The summed E-state index contributed by atoms with van der Waals surface area (Å²) in [6.45, 7) is 13.0. The van der Waals surface area contributed by atoms with E-state index in [9.17, 15) is 10.2 Å². The van der Waals surface area contributed by atoms with Crippen LogP contribution in [0.3, 0.4) is 0 Å². The first-order chi connectivity index (χ1) is 20.0. The molecule has 238 valence electrons. The Morgan fingerprint density at radius 1 is 0.714 bits per heavy atom. The molecule has 0 aliphatic rings. The van der Waals surface area contributed by atoms with Crippen molar-refractivity contribution in [2.24, 2.45) is 0 Å². The summed E-state index contributed by atoms with van der Waals surface area (Å²) in [5, 5.41) is 38.4. The van der Waals surface area contributed by atoms with Gasteiger partial charge in [0, 0.05) is 18.6 Å². The minimum Gasteiger partial charge on any atom is -0.491 e. The van der Waals surface area contributed by atoms with Crippen LogP contribution in [0.1, 0.15) is 101 Å². The lowest BCUT2D eigenvalue weighted by molar-refractivity contribution is -0.113. The van der Waals surface area contributed by atoms with E-state index in [4.69, 9.17) is 24.4 Å². The molecule has 2 aromatic carbocycles. The first-order valence-corrected chi connectivity index (χ1v) is 15.7. The van der Waals surface area contributed by atoms with Crippen molar-refractivity contribution in [2.75, 3.05) is 33.0 Å². The van der Waals surface area contributed by atoms with Crippen molar-refractivity contribution in [1.82, 2.24) is 0 Å². The van der Waals surface area contributed by atoms with Gasteiger partial charge in [0.15, 0.2) is 0 Å². The number of aryl methyl sites for hydroxylation is 2. The maximum atomic E-state index is 10.9. The number of ether oxygens (including phenoxy) is 3. The Bertz CT molecular complexity index is 1050. The average molecular weight is 589 g/mol. The van der Waals surface area contributed by atoms with E-state index in [0.717, 1.165) is 68.2 Å². The van der Waals surface area contributed by atoms with Gasteiger partial charge in [-0.05, 0) is 87.8 Å². The Kier molecular flexibility index (Phi) is 15.3. The van der Waals surface area contributed by atoms with Crippen molar-refractivity contribution in [1.29, 1.82) is 0 Å². The van der Waals surface area contributed by atoms with Crippen LogP contribution in [0.15, 0.2) is 36.4 Å². The lowest BCUT2D eigenvalue weighted by Gasteiger charge is -2.34. The number of aliphatic hydroxyl groups is 4. The van der Waals surface area contributed by atoms with E-state index in [1.807, 2.05) is 39.8 Å². The van der Waals surface area contributed by atoms with E-state index in [0.29, 0.717) is 12.4 Å². The molecule has 42 heavy (non-hydrogen) atoms. The highest BCUT2D eigenvalue weighted by Crippen LogP contribution is 2.41. The summed E-state index contributed by atoms with van der Waals surface area (Å²) >= 11 is 0. The van der Waals surface area contributed by atoms with Crippen LogP contribution in [0, 0.1) is 13.8 Å². The zero-order valence-electron chi connectivity index (χ0n) is 26.8. The molecule has 0 radical (unpaired) electrons. The first kappa shape index (κ1) is 36.0. The van der Waals surface area contributed by atoms with E-state index >= 15 is 0 Å². The van der Waals surface area contributed by atoms with Gasteiger partial charge in [0.1, 0.15) is 36.9 Å². The molecule has 0 aromatic heterocycles. The van der Waals surface area contributed by atoms with Gasteiger partial charge in [-0.25, -0.2) is 0 Å². The number of hydrogen-bond donors (Lipinski definition) is 4. The van der Waals surface area contributed by atoms with Gasteiger partial charge in [-0.3, -0.25) is 0 Å². The number of unbranched alkanes of at least 4 members (excludes halogenated alkanes) is 5. The third kappa shape index (κ3) is 10.2. The first-order valence-electron chi connectivity index (χ1n) is 15.7. The molecule has 0 aliphatic heterocycles. The zero-order chi connectivity index (χ0) is 31.2. The zero-order valence-corrected chi connectivity index (χ0v) is 26.8. The highest BCUT2D eigenvalue weighted by Gasteiger charge is 2.32. The molecular formula is C35H56O7. The fourth-order valence-corrected chi connectivity index (χ4v) is 5.41. The third-order valence-corrected chi connectivity index (χ3v) is 8.53. The predicted molar refractivity (Wildman–Crippen MR) is 169 cm³/mol. The lowest BCUT2D eigenvalue weighted by atomic mass is 9.70. The van der Waals surface area contributed by atoms with Crippen LogP contribution in [-0.2, 0) is 10.2 Å². The molecule has 2 atom stereocenters. The van der Waals surface area contributed by atoms with Crippen molar-refractivity contribution in [3.63, 3.8) is 0 Å². The van der Waals surface area contributed by atoms with Crippen LogP contribution in [0.4, 0.5) is 0 Å². The molecule has 0 heterocycles. The quantitative estimate of drug-likeness (QED) is 0.132. The standard InChI is InChI=1S/C35H56O7/c1-7-35(8-2,28-15-17-31(26(3)21-28)40-24-30(38)23-37)29-16-18-32(27(4)22-29)41-25-33(39)34(5,6)42-20-14-12-10-9-11-13-19-36/h15-18,21-22,30,33,36-39H,7-14,19-20,23-25H2,1-6H3/t30-,33-/m0/s1. The Morgan fingerprint density at radius 3 is 1.69 bits per heavy atom. The SMILES string of the molecule is CCC(CC)(c1ccc(OC[C@@H](O)CO)c(C)c1)c1ccc(OC[C@H](O)C(C)(C)OCCCCCCCCO)c(C)c1. The maximum absolute atomic E-state index is 10.9. The summed E-state index contributed by atoms with van der Waals surface area (Å²) in [5.41, 5.74) is 3.51. The van der Waals surface area contributed by atoms with Crippen LogP contribution in [0.5, 0.6) is 11.5 Å². The molecule has 0 fully saturated rings. The van der Waals surface area contributed by atoms with Crippen molar-refractivity contribution >= 4 is 0 Å². The van der Waals surface area contributed by atoms with Crippen LogP contribution < -0.4 is 9.47 Å². The molecule has 4 N–H and O–H groups in total. The van der Waals surface area contributed by atoms with Crippen LogP contribution in [0.25, 0.3) is 0 Å². The predicted octanol–water partition coefficient (Wildman–Crippen LogP) is 6.01. The molecular weight excluding hydrogens is 532 g/mol. The molecule has 0 saturated heterocycles. The van der Waals surface area contributed by atoms with E-state index in [2.05, 4.69) is 38.1 Å². The summed E-state index contributed by atoms with van der Waals surface area (Å²) in [5.74, 6) is 1.45. The van der Waals surface area contributed by atoms with E-state index < -0.39 is 17.8 Å². The second-order valence-corrected chi connectivity index (χ2v) is 12.0. The minimum atomic E-state index is -0.901. The lowest BCUT2D eigenvalue weighted by Crippen LogP contribution is -2.43. The fraction of sp³-hybridized carbons (Fsp3) is 0.657. The minimum absolute atomic E-state index is 0.0504. The number of hydrogen-bond acceptors (Lipinski definition) is 7. The Balaban J connectivity index is 2.03. The van der Waals surface area contributed by atoms with E-state index in [-0.39, 0.29) is 31.8 Å². The molecule has 2 aromatic rings. The summed E-state index contributed by atoms with van der Waals surface area (Å²) in [4.78, 5) is 0. The van der Waals surface area contributed by atoms with Crippen molar-refractivity contribution in [2.45, 2.75) is 116 Å². The normalized spacial score (nSPS) is 13.7. The van der Waals surface area contributed by atoms with Gasteiger partial charge in [-0.1, -0.05) is 63.8 Å².